The van der Waals surface area contributed by atoms with Gasteiger partial charge in [0.2, 0.25) is 5.91 Å². The molecule has 0 fully saturated rings. The fraction of sp³-hybridized carbons (Fsp3) is 0.176. The SMILES string of the molecule is Cc1ccc(C[C@H]2NC(=O)c3ccc(Cl)cc3NC2=O)cc1. The molecule has 4 nitrogen and oxygen atoms in total. The summed E-state index contributed by atoms with van der Waals surface area (Å²) in [6.45, 7) is 2.00. The van der Waals surface area contributed by atoms with E-state index in [1.807, 2.05) is 31.2 Å². The van der Waals surface area contributed by atoms with E-state index in [4.69, 9.17) is 11.6 Å². The topological polar surface area (TPSA) is 58.2 Å². The van der Waals surface area contributed by atoms with Gasteiger partial charge in [0.1, 0.15) is 6.04 Å². The minimum absolute atomic E-state index is 0.241. The second-order valence-electron chi connectivity index (χ2n) is 5.39. The van der Waals surface area contributed by atoms with Crippen LogP contribution in [0.2, 0.25) is 5.02 Å². The summed E-state index contributed by atoms with van der Waals surface area (Å²) < 4.78 is 0. The number of rotatable bonds is 2. The Kier molecular flexibility index (Phi) is 3.86. The molecule has 2 amide bonds. The van der Waals surface area contributed by atoms with Crippen LogP contribution in [0, 0.1) is 6.92 Å². The maximum Gasteiger partial charge on any atom is 0.254 e. The first-order valence-corrected chi connectivity index (χ1v) is 7.37. The van der Waals surface area contributed by atoms with E-state index in [0.717, 1.165) is 11.1 Å². The van der Waals surface area contributed by atoms with E-state index in [1.54, 1.807) is 18.2 Å². The summed E-state index contributed by atoms with van der Waals surface area (Å²) in [7, 11) is 0. The number of amides is 2. The number of benzene rings is 2. The van der Waals surface area contributed by atoms with E-state index in [0.29, 0.717) is 22.7 Å². The average molecular weight is 315 g/mol. The van der Waals surface area contributed by atoms with Crippen LogP contribution >= 0.6 is 11.6 Å². The molecule has 1 aliphatic rings. The zero-order valence-electron chi connectivity index (χ0n) is 12.0. The summed E-state index contributed by atoms with van der Waals surface area (Å²) >= 11 is 5.92. The van der Waals surface area contributed by atoms with Gasteiger partial charge in [-0.15, -0.1) is 0 Å². The van der Waals surface area contributed by atoms with Crippen molar-refractivity contribution in [2.24, 2.45) is 0 Å². The zero-order valence-corrected chi connectivity index (χ0v) is 12.8. The van der Waals surface area contributed by atoms with Gasteiger partial charge in [0, 0.05) is 11.4 Å². The number of carbonyl (C=O) groups is 2. The number of aryl methyl sites for hydroxylation is 1. The second-order valence-corrected chi connectivity index (χ2v) is 5.83. The Morgan fingerprint density at radius 1 is 1.09 bits per heavy atom. The van der Waals surface area contributed by atoms with Gasteiger partial charge in [-0.2, -0.15) is 0 Å². The molecule has 1 heterocycles. The van der Waals surface area contributed by atoms with Gasteiger partial charge >= 0.3 is 0 Å². The quantitative estimate of drug-likeness (QED) is 0.895. The molecule has 0 radical (unpaired) electrons. The van der Waals surface area contributed by atoms with E-state index >= 15 is 0 Å². The van der Waals surface area contributed by atoms with Crippen LogP contribution < -0.4 is 10.6 Å². The molecule has 0 spiro atoms. The highest BCUT2D eigenvalue weighted by atomic mass is 35.5. The molecule has 2 aromatic carbocycles. The molecule has 0 unspecified atom stereocenters. The van der Waals surface area contributed by atoms with E-state index < -0.39 is 6.04 Å². The maximum atomic E-state index is 12.3. The molecule has 2 aromatic rings. The van der Waals surface area contributed by atoms with Crippen LogP contribution in [-0.2, 0) is 11.2 Å². The molecule has 112 valence electrons. The Balaban J connectivity index is 1.85. The van der Waals surface area contributed by atoms with Gasteiger partial charge in [0.05, 0.1) is 11.3 Å². The Labute approximate surface area is 133 Å². The van der Waals surface area contributed by atoms with Gasteiger partial charge in [0.15, 0.2) is 0 Å². The van der Waals surface area contributed by atoms with Crippen molar-refractivity contribution < 1.29 is 9.59 Å². The molecule has 0 bridgehead atoms. The summed E-state index contributed by atoms with van der Waals surface area (Å²) in [5, 5.41) is 6.02. The second kappa shape index (κ2) is 5.81. The molecule has 0 saturated carbocycles. The predicted molar refractivity (Wildman–Crippen MR) is 86.2 cm³/mol. The maximum absolute atomic E-state index is 12.3. The highest BCUT2D eigenvalue weighted by Crippen LogP contribution is 2.23. The highest BCUT2D eigenvalue weighted by molar-refractivity contribution is 6.31. The third-order valence-electron chi connectivity index (χ3n) is 3.67. The van der Waals surface area contributed by atoms with Crippen LogP contribution in [0.25, 0.3) is 0 Å². The summed E-state index contributed by atoms with van der Waals surface area (Å²) in [6, 6.07) is 12.1. The predicted octanol–water partition coefficient (Wildman–Crippen LogP) is 2.94. The number of fused-ring (bicyclic) bond motifs is 1. The van der Waals surface area contributed by atoms with Crippen LogP contribution in [0.4, 0.5) is 5.69 Å². The number of anilines is 1. The first-order valence-electron chi connectivity index (χ1n) is 7.00. The molecule has 3 rings (SSSR count). The van der Waals surface area contributed by atoms with E-state index in [9.17, 15) is 9.59 Å². The smallest absolute Gasteiger partial charge is 0.254 e. The lowest BCUT2D eigenvalue weighted by Gasteiger charge is -2.14. The molecular formula is C17H15ClN2O2. The fourth-order valence-electron chi connectivity index (χ4n) is 2.44. The van der Waals surface area contributed by atoms with Crippen molar-refractivity contribution in [1.29, 1.82) is 0 Å². The van der Waals surface area contributed by atoms with E-state index in [2.05, 4.69) is 10.6 Å². The van der Waals surface area contributed by atoms with Gasteiger partial charge in [-0.05, 0) is 30.7 Å². The van der Waals surface area contributed by atoms with Crippen molar-refractivity contribution in [2.45, 2.75) is 19.4 Å². The van der Waals surface area contributed by atoms with Crippen LogP contribution in [0.1, 0.15) is 21.5 Å². The molecule has 0 saturated heterocycles. The molecule has 1 atom stereocenters. The lowest BCUT2D eigenvalue weighted by atomic mass is 10.0. The fourth-order valence-corrected chi connectivity index (χ4v) is 2.61. The Morgan fingerprint density at radius 3 is 2.55 bits per heavy atom. The van der Waals surface area contributed by atoms with Gasteiger partial charge in [-0.1, -0.05) is 41.4 Å². The summed E-state index contributed by atoms with van der Waals surface area (Å²) in [5.41, 5.74) is 3.01. The largest absolute Gasteiger partial charge is 0.340 e. The molecule has 2 N–H and O–H groups in total. The Hall–Kier alpha value is -2.33. The number of hydrogen-bond acceptors (Lipinski definition) is 2. The third kappa shape index (κ3) is 2.97. The normalized spacial score (nSPS) is 17.3. The molecular weight excluding hydrogens is 300 g/mol. The van der Waals surface area contributed by atoms with Gasteiger partial charge in [-0.3, -0.25) is 9.59 Å². The molecule has 22 heavy (non-hydrogen) atoms. The molecule has 5 heteroatoms. The summed E-state index contributed by atoms with van der Waals surface area (Å²) in [6.07, 6.45) is 0.444. The minimum atomic E-state index is -0.610. The van der Waals surface area contributed by atoms with Gasteiger partial charge in [-0.25, -0.2) is 0 Å². The molecule has 1 aliphatic heterocycles. The summed E-state index contributed by atoms with van der Waals surface area (Å²) in [5.74, 6) is -0.517. The Morgan fingerprint density at radius 2 is 1.82 bits per heavy atom. The van der Waals surface area contributed by atoms with Crippen molar-refractivity contribution in [2.75, 3.05) is 5.32 Å². The van der Waals surface area contributed by atoms with Crippen LogP contribution in [0.5, 0.6) is 0 Å². The van der Waals surface area contributed by atoms with Crippen molar-refractivity contribution in [3.8, 4) is 0 Å². The summed E-state index contributed by atoms with van der Waals surface area (Å²) in [4.78, 5) is 24.6. The lowest BCUT2D eigenvalue weighted by Crippen LogP contribution is -2.42. The van der Waals surface area contributed by atoms with Gasteiger partial charge in [0.25, 0.3) is 5.91 Å². The van der Waals surface area contributed by atoms with Crippen LogP contribution in [-0.4, -0.2) is 17.9 Å². The standard InChI is InChI=1S/C17H15ClN2O2/c1-10-2-4-11(5-3-10)8-15-17(22)19-14-9-12(18)6-7-13(14)16(21)20-15/h2-7,9,15H,8H2,1H3,(H,19,22)(H,20,21)/t15-/m1/s1. The third-order valence-corrected chi connectivity index (χ3v) is 3.90. The van der Waals surface area contributed by atoms with Crippen molar-refractivity contribution >= 4 is 29.1 Å². The van der Waals surface area contributed by atoms with Crippen molar-refractivity contribution in [3.05, 3.63) is 64.2 Å². The van der Waals surface area contributed by atoms with Crippen LogP contribution in [0.15, 0.2) is 42.5 Å². The van der Waals surface area contributed by atoms with Crippen molar-refractivity contribution in [3.63, 3.8) is 0 Å². The zero-order chi connectivity index (χ0) is 15.7. The highest BCUT2D eigenvalue weighted by Gasteiger charge is 2.27. The number of halogens is 1. The van der Waals surface area contributed by atoms with Crippen LogP contribution in [0.3, 0.4) is 0 Å². The Bertz CT molecular complexity index is 741. The first-order chi connectivity index (χ1) is 10.5. The molecule has 0 aromatic heterocycles. The van der Waals surface area contributed by atoms with Crippen molar-refractivity contribution in [1.82, 2.24) is 5.32 Å². The number of carbonyl (C=O) groups excluding carboxylic acids is 2. The number of nitrogens with one attached hydrogen (secondary N) is 2. The van der Waals surface area contributed by atoms with E-state index in [-0.39, 0.29) is 11.8 Å². The minimum Gasteiger partial charge on any atom is -0.340 e. The molecule has 0 aliphatic carbocycles. The number of hydrogen-bond donors (Lipinski definition) is 2. The van der Waals surface area contributed by atoms with E-state index in [1.165, 1.54) is 0 Å². The monoisotopic (exact) mass is 314 g/mol. The van der Waals surface area contributed by atoms with Gasteiger partial charge < -0.3 is 10.6 Å². The average Bonchev–Trinajstić information content (AvgIpc) is 2.59. The lowest BCUT2D eigenvalue weighted by molar-refractivity contribution is -0.117. The first kappa shape index (κ1) is 14.6.